The molecule has 2 aromatic heterocycles. The second kappa shape index (κ2) is 8.31. The summed E-state index contributed by atoms with van der Waals surface area (Å²) < 4.78 is 31.9. The molecule has 3 heterocycles. The molecule has 2 amide bonds. The molecule has 0 bridgehead atoms. The Labute approximate surface area is 175 Å². The molecule has 158 valence electrons. The van der Waals surface area contributed by atoms with Gasteiger partial charge in [0, 0.05) is 13.1 Å². The highest BCUT2D eigenvalue weighted by atomic mass is 32.2. The predicted octanol–water partition coefficient (Wildman–Crippen LogP) is 3.41. The Hall–Kier alpha value is -2.13. The fraction of sp³-hybridized carbons (Fsp3) is 0.500. The van der Waals surface area contributed by atoms with Crippen LogP contribution in [0.25, 0.3) is 10.6 Å². The van der Waals surface area contributed by atoms with Crippen LogP contribution in [0.4, 0.5) is 0 Å². The van der Waals surface area contributed by atoms with E-state index in [-0.39, 0.29) is 18.2 Å². The molecule has 1 fully saturated rings. The highest BCUT2D eigenvalue weighted by Gasteiger charge is 2.41. The molecule has 0 radical (unpaired) electrons. The zero-order chi connectivity index (χ0) is 21.2. The van der Waals surface area contributed by atoms with E-state index in [1.54, 1.807) is 31.7 Å². The second-order valence-electron chi connectivity index (χ2n) is 7.70. The molecule has 1 aliphatic rings. The highest BCUT2D eigenvalue weighted by molar-refractivity contribution is 7.90. The summed E-state index contributed by atoms with van der Waals surface area (Å²) in [5, 5.41) is 1.94. The minimum Gasteiger partial charge on any atom is -0.460 e. The van der Waals surface area contributed by atoms with Gasteiger partial charge in [0.2, 0.25) is 15.9 Å². The third-order valence-corrected chi connectivity index (χ3v) is 7.49. The van der Waals surface area contributed by atoms with E-state index in [1.807, 2.05) is 17.5 Å². The van der Waals surface area contributed by atoms with Crippen LogP contribution in [-0.2, 0) is 14.8 Å². The first kappa shape index (κ1) is 21.6. The van der Waals surface area contributed by atoms with E-state index >= 15 is 0 Å². The molecule has 7 nitrogen and oxygen atoms in total. The third-order valence-electron chi connectivity index (χ3n) is 5.17. The molecule has 1 aliphatic heterocycles. The van der Waals surface area contributed by atoms with E-state index in [0.29, 0.717) is 42.9 Å². The second-order valence-corrected chi connectivity index (χ2v) is 10.5. The zero-order valence-corrected chi connectivity index (χ0v) is 18.5. The number of furan rings is 1. The van der Waals surface area contributed by atoms with E-state index in [4.69, 9.17) is 4.42 Å². The summed E-state index contributed by atoms with van der Waals surface area (Å²) in [7, 11) is -3.65. The summed E-state index contributed by atoms with van der Waals surface area (Å²) in [6.07, 6.45) is 1.57. The van der Waals surface area contributed by atoms with Crippen LogP contribution in [0.3, 0.4) is 0 Å². The van der Waals surface area contributed by atoms with Gasteiger partial charge in [0.1, 0.15) is 11.5 Å². The number of nitrogens with zero attached hydrogens (tertiary/aromatic N) is 1. The Balaban J connectivity index is 1.76. The Bertz CT molecular complexity index is 994. The van der Waals surface area contributed by atoms with Crippen molar-refractivity contribution in [3.8, 4) is 10.6 Å². The Morgan fingerprint density at radius 2 is 2.14 bits per heavy atom. The minimum absolute atomic E-state index is 0.100. The van der Waals surface area contributed by atoms with Crippen molar-refractivity contribution in [2.75, 3.05) is 18.8 Å². The van der Waals surface area contributed by atoms with Crippen LogP contribution in [0.1, 0.15) is 49.2 Å². The van der Waals surface area contributed by atoms with Crippen molar-refractivity contribution in [1.29, 1.82) is 0 Å². The number of rotatable bonds is 6. The average molecular weight is 439 g/mol. The van der Waals surface area contributed by atoms with Crippen molar-refractivity contribution in [3.05, 3.63) is 34.9 Å². The standard InChI is InChI=1S/C20H26N2O5S2/c1-4-11-29(25,26)21-19(24)20(3)8-6-9-22(13-20)18(23)15-12-16(27-14(15)2)17-7-5-10-28-17/h5,7,10,12H,4,6,8-9,11,13H2,1-3H3,(H,21,24). The minimum atomic E-state index is -3.65. The van der Waals surface area contributed by atoms with E-state index in [9.17, 15) is 18.0 Å². The fourth-order valence-corrected chi connectivity index (χ4v) is 5.43. The lowest BCUT2D eigenvalue weighted by Gasteiger charge is -2.39. The molecular weight excluding hydrogens is 412 g/mol. The number of carbonyl (C=O) groups excluding carboxylic acids is 2. The summed E-state index contributed by atoms with van der Waals surface area (Å²) in [5.41, 5.74) is -0.486. The molecule has 1 N–H and O–H groups in total. The quantitative estimate of drug-likeness (QED) is 0.745. The fourth-order valence-electron chi connectivity index (χ4n) is 3.59. The normalized spacial score (nSPS) is 19.9. The van der Waals surface area contributed by atoms with Gasteiger partial charge in [-0.3, -0.25) is 14.3 Å². The Morgan fingerprint density at radius 1 is 1.38 bits per heavy atom. The van der Waals surface area contributed by atoms with E-state index in [2.05, 4.69) is 4.72 Å². The lowest BCUT2D eigenvalue weighted by Crippen LogP contribution is -2.53. The molecular formula is C20H26N2O5S2. The van der Waals surface area contributed by atoms with E-state index in [1.165, 1.54) is 11.3 Å². The van der Waals surface area contributed by atoms with Gasteiger partial charge >= 0.3 is 0 Å². The maximum Gasteiger partial charge on any atom is 0.257 e. The summed E-state index contributed by atoms with van der Waals surface area (Å²) in [4.78, 5) is 28.4. The molecule has 29 heavy (non-hydrogen) atoms. The number of aryl methyl sites for hydroxylation is 1. The van der Waals surface area contributed by atoms with Crippen LogP contribution in [0, 0.1) is 12.3 Å². The van der Waals surface area contributed by atoms with Gasteiger partial charge in [0.15, 0.2) is 0 Å². The predicted molar refractivity (Wildman–Crippen MR) is 112 cm³/mol. The molecule has 1 atom stereocenters. The van der Waals surface area contributed by atoms with Crippen LogP contribution in [0.5, 0.6) is 0 Å². The van der Waals surface area contributed by atoms with Gasteiger partial charge in [0.05, 0.1) is 21.6 Å². The first-order valence-electron chi connectivity index (χ1n) is 9.64. The number of sulfonamides is 1. The molecule has 0 saturated carbocycles. The van der Waals surface area contributed by atoms with Crippen molar-refractivity contribution in [2.45, 2.75) is 40.0 Å². The van der Waals surface area contributed by atoms with Crippen LogP contribution < -0.4 is 4.72 Å². The number of hydrogen-bond donors (Lipinski definition) is 1. The lowest BCUT2D eigenvalue weighted by atomic mass is 9.81. The monoisotopic (exact) mass is 438 g/mol. The summed E-state index contributed by atoms with van der Waals surface area (Å²) in [6, 6.07) is 5.58. The maximum absolute atomic E-state index is 13.1. The van der Waals surface area contributed by atoms with Crippen molar-refractivity contribution in [3.63, 3.8) is 0 Å². The van der Waals surface area contributed by atoms with Crippen molar-refractivity contribution < 1.29 is 22.4 Å². The number of nitrogens with one attached hydrogen (secondary N) is 1. The maximum atomic E-state index is 13.1. The van der Waals surface area contributed by atoms with Gasteiger partial charge in [-0.05, 0) is 50.6 Å². The van der Waals surface area contributed by atoms with E-state index in [0.717, 1.165) is 4.88 Å². The van der Waals surface area contributed by atoms with Gasteiger partial charge in [0.25, 0.3) is 5.91 Å². The highest BCUT2D eigenvalue weighted by Crippen LogP contribution is 2.33. The number of carbonyl (C=O) groups is 2. The van der Waals surface area contributed by atoms with E-state index < -0.39 is 21.3 Å². The lowest BCUT2D eigenvalue weighted by molar-refractivity contribution is -0.130. The van der Waals surface area contributed by atoms with Gasteiger partial charge in [-0.15, -0.1) is 11.3 Å². The van der Waals surface area contributed by atoms with Crippen LogP contribution in [0.15, 0.2) is 28.0 Å². The molecule has 0 aliphatic carbocycles. The smallest absolute Gasteiger partial charge is 0.257 e. The van der Waals surface area contributed by atoms with Crippen molar-refractivity contribution >= 4 is 33.2 Å². The molecule has 1 unspecified atom stereocenters. The van der Waals surface area contributed by atoms with Crippen LogP contribution >= 0.6 is 11.3 Å². The molecule has 2 aromatic rings. The number of hydrogen-bond acceptors (Lipinski definition) is 6. The van der Waals surface area contributed by atoms with Crippen LogP contribution in [-0.4, -0.2) is 44.0 Å². The molecule has 3 rings (SSSR count). The van der Waals surface area contributed by atoms with Gasteiger partial charge < -0.3 is 9.32 Å². The summed E-state index contributed by atoms with van der Waals surface area (Å²) in [5.74, 6) is 0.317. The summed E-state index contributed by atoms with van der Waals surface area (Å²) in [6.45, 7) is 5.88. The molecule has 0 spiro atoms. The number of thiophene rings is 1. The largest absolute Gasteiger partial charge is 0.460 e. The first-order chi connectivity index (χ1) is 13.6. The molecule has 9 heteroatoms. The zero-order valence-electron chi connectivity index (χ0n) is 16.9. The number of likely N-dealkylation sites (tertiary alicyclic amines) is 1. The molecule has 1 saturated heterocycles. The number of amides is 2. The third kappa shape index (κ3) is 4.72. The van der Waals surface area contributed by atoms with Gasteiger partial charge in [-0.1, -0.05) is 13.0 Å². The topological polar surface area (TPSA) is 96.7 Å². The van der Waals surface area contributed by atoms with Crippen molar-refractivity contribution in [1.82, 2.24) is 9.62 Å². The summed E-state index contributed by atoms with van der Waals surface area (Å²) >= 11 is 1.53. The van der Waals surface area contributed by atoms with Crippen molar-refractivity contribution in [2.24, 2.45) is 5.41 Å². The first-order valence-corrected chi connectivity index (χ1v) is 12.2. The number of piperidine rings is 1. The molecule has 0 aromatic carbocycles. The Kier molecular flexibility index (Phi) is 6.19. The van der Waals surface area contributed by atoms with Gasteiger partial charge in [-0.25, -0.2) is 8.42 Å². The van der Waals surface area contributed by atoms with Gasteiger partial charge in [-0.2, -0.15) is 0 Å². The van der Waals surface area contributed by atoms with Crippen LogP contribution in [0.2, 0.25) is 0 Å². The Morgan fingerprint density at radius 3 is 2.79 bits per heavy atom. The average Bonchev–Trinajstić information content (AvgIpc) is 3.30. The SMILES string of the molecule is CCCS(=O)(=O)NC(=O)C1(C)CCCN(C(=O)c2cc(-c3cccs3)oc2C)C1.